The predicted molar refractivity (Wildman–Crippen MR) is 113 cm³/mol. The minimum atomic E-state index is -0.559. The van der Waals surface area contributed by atoms with Crippen molar-refractivity contribution in [3.63, 3.8) is 0 Å². The molecule has 4 rings (SSSR count). The van der Waals surface area contributed by atoms with Gasteiger partial charge in [0.15, 0.2) is 0 Å². The third-order valence-electron chi connectivity index (χ3n) is 4.64. The Balaban J connectivity index is 1.75. The molecule has 3 aromatic rings. The molecule has 2 N–H and O–H groups in total. The average Bonchev–Trinajstić information content (AvgIpc) is 3.16. The van der Waals surface area contributed by atoms with E-state index in [0.717, 1.165) is 0 Å². The highest BCUT2D eigenvalue weighted by Crippen LogP contribution is 2.38. The van der Waals surface area contributed by atoms with Crippen LogP contribution in [0.5, 0.6) is 5.75 Å². The Morgan fingerprint density at radius 1 is 1.21 bits per heavy atom. The molecule has 0 aliphatic carbocycles. The molecule has 0 unspecified atom stereocenters. The fraction of sp³-hybridized carbons (Fsp3) is 0.150. The number of carbonyl (C=O) groups is 1. The van der Waals surface area contributed by atoms with Crippen LogP contribution in [0.15, 0.2) is 60.1 Å². The number of nitrogens with zero attached hydrogens (tertiary/aromatic N) is 3. The Kier molecular flexibility index (Phi) is 5.17. The van der Waals surface area contributed by atoms with E-state index in [4.69, 9.17) is 27.9 Å². The van der Waals surface area contributed by atoms with Crippen molar-refractivity contribution >= 4 is 40.7 Å². The van der Waals surface area contributed by atoms with Crippen molar-refractivity contribution < 1.29 is 9.53 Å². The van der Waals surface area contributed by atoms with Gasteiger partial charge in [-0.25, -0.2) is 4.68 Å². The number of methoxy groups -OCH3 is 1. The van der Waals surface area contributed by atoms with Crippen LogP contribution in [0.3, 0.4) is 0 Å². The maximum Gasteiger partial charge on any atom is 0.255 e. The zero-order valence-electron chi connectivity index (χ0n) is 15.6. The molecule has 1 atom stereocenters. The second kappa shape index (κ2) is 7.77. The number of rotatable bonds is 4. The Morgan fingerprint density at radius 2 is 1.97 bits per heavy atom. The zero-order valence-corrected chi connectivity index (χ0v) is 17.1. The van der Waals surface area contributed by atoms with Crippen LogP contribution in [-0.4, -0.2) is 27.8 Å². The number of allylic oxidation sites excluding steroid dienone is 1. The Bertz CT molecular complexity index is 1110. The van der Waals surface area contributed by atoms with Crippen LogP contribution in [0.25, 0.3) is 0 Å². The van der Waals surface area contributed by atoms with E-state index in [1.807, 2.05) is 6.92 Å². The molecule has 9 heteroatoms. The van der Waals surface area contributed by atoms with E-state index in [1.54, 1.807) is 54.3 Å². The molecule has 0 radical (unpaired) electrons. The SMILES string of the molecule is COc1ccc(NC(=O)C2=C(C)Nc3ncnn3[C@@H]2c2ccc(Cl)cc2Cl)cc1. The van der Waals surface area contributed by atoms with Gasteiger partial charge in [0.2, 0.25) is 5.95 Å². The first-order valence-corrected chi connectivity index (χ1v) is 9.51. The molecule has 1 aliphatic heterocycles. The van der Waals surface area contributed by atoms with Gasteiger partial charge in [-0.2, -0.15) is 10.1 Å². The third kappa shape index (κ3) is 3.66. The number of aromatic nitrogens is 3. The molecule has 148 valence electrons. The summed E-state index contributed by atoms with van der Waals surface area (Å²) >= 11 is 12.5. The van der Waals surface area contributed by atoms with E-state index >= 15 is 0 Å². The van der Waals surface area contributed by atoms with Crippen molar-refractivity contribution in [2.24, 2.45) is 0 Å². The Morgan fingerprint density at radius 3 is 2.66 bits per heavy atom. The standard InChI is InChI=1S/C20H17Cl2N5O2/c1-11-17(19(28)26-13-4-6-14(29-2)7-5-13)18(27-20(25-11)23-10-24-27)15-8-3-12(21)9-16(15)22/h3-10,18H,1-2H3,(H,26,28)(H,23,24,25)/t18-/m1/s1. The maximum atomic E-state index is 13.3. The monoisotopic (exact) mass is 429 g/mol. The molecule has 0 saturated heterocycles. The van der Waals surface area contributed by atoms with Crippen molar-refractivity contribution in [1.82, 2.24) is 14.8 Å². The van der Waals surface area contributed by atoms with Crippen molar-refractivity contribution in [2.75, 3.05) is 17.7 Å². The number of nitrogens with one attached hydrogen (secondary N) is 2. The van der Waals surface area contributed by atoms with Crippen LogP contribution in [-0.2, 0) is 4.79 Å². The van der Waals surface area contributed by atoms with E-state index in [0.29, 0.717) is 44.3 Å². The fourth-order valence-corrected chi connectivity index (χ4v) is 3.78. The predicted octanol–water partition coefficient (Wildman–Crippen LogP) is 4.52. The van der Waals surface area contributed by atoms with E-state index in [2.05, 4.69) is 20.7 Å². The highest BCUT2D eigenvalue weighted by atomic mass is 35.5. The molecule has 0 fully saturated rings. The number of anilines is 2. The topological polar surface area (TPSA) is 81.1 Å². The molecule has 0 bridgehead atoms. The van der Waals surface area contributed by atoms with Crippen molar-refractivity contribution in [3.05, 3.63) is 75.7 Å². The van der Waals surface area contributed by atoms with Crippen LogP contribution in [0.2, 0.25) is 10.0 Å². The molecule has 0 spiro atoms. The summed E-state index contributed by atoms with van der Waals surface area (Å²) in [6.07, 6.45) is 1.43. The summed E-state index contributed by atoms with van der Waals surface area (Å²) in [6.45, 7) is 1.82. The molecular formula is C20H17Cl2N5O2. The number of ether oxygens (including phenoxy) is 1. The molecule has 0 saturated carbocycles. The first-order chi connectivity index (χ1) is 14.0. The highest BCUT2D eigenvalue weighted by Gasteiger charge is 2.34. The lowest BCUT2D eigenvalue weighted by Crippen LogP contribution is -2.31. The second-order valence-electron chi connectivity index (χ2n) is 6.44. The van der Waals surface area contributed by atoms with Gasteiger partial charge in [0, 0.05) is 27.0 Å². The Labute approximate surface area is 177 Å². The van der Waals surface area contributed by atoms with Gasteiger partial charge in [-0.15, -0.1) is 0 Å². The first kappa shape index (κ1) is 19.3. The molecule has 1 amide bonds. The van der Waals surface area contributed by atoms with Gasteiger partial charge >= 0.3 is 0 Å². The fourth-order valence-electron chi connectivity index (χ4n) is 3.27. The summed E-state index contributed by atoms with van der Waals surface area (Å²) in [6, 6.07) is 11.7. The number of amides is 1. The van der Waals surface area contributed by atoms with Crippen molar-refractivity contribution in [2.45, 2.75) is 13.0 Å². The molecule has 2 heterocycles. The number of hydrogen-bond donors (Lipinski definition) is 2. The van der Waals surface area contributed by atoms with Gasteiger partial charge in [-0.05, 0) is 43.3 Å². The van der Waals surface area contributed by atoms with Crippen LogP contribution >= 0.6 is 23.2 Å². The lowest BCUT2D eigenvalue weighted by Gasteiger charge is -2.29. The van der Waals surface area contributed by atoms with Crippen LogP contribution < -0.4 is 15.4 Å². The normalized spacial score (nSPS) is 15.5. The molecule has 7 nitrogen and oxygen atoms in total. The summed E-state index contributed by atoms with van der Waals surface area (Å²) < 4.78 is 6.79. The number of halogens is 2. The molecule has 29 heavy (non-hydrogen) atoms. The van der Waals surface area contributed by atoms with Crippen LogP contribution in [0.4, 0.5) is 11.6 Å². The number of benzene rings is 2. The number of hydrogen-bond acceptors (Lipinski definition) is 5. The molecule has 2 aromatic carbocycles. The summed E-state index contributed by atoms with van der Waals surface area (Å²) in [5.74, 6) is 0.952. The Hall–Kier alpha value is -3.03. The van der Waals surface area contributed by atoms with Crippen molar-refractivity contribution in [1.29, 1.82) is 0 Å². The van der Waals surface area contributed by atoms with Gasteiger partial charge in [0.25, 0.3) is 5.91 Å². The first-order valence-electron chi connectivity index (χ1n) is 8.75. The smallest absolute Gasteiger partial charge is 0.255 e. The van der Waals surface area contributed by atoms with E-state index in [9.17, 15) is 4.79 Å². The molecule has 1 aromatic heterocycles. The minimum Gasteiger partial charge on any atom is -0.497 e. The number of fused-ring (bicyclic) bond motifs is 1. The largest absolute Gasteiger partial charge is 0.497 e. The van der Waals surface area contributed by atoms with E-state index in [1.165, 1.54) is 6.33 Å². The average molecular weight is 430 g/mol. The van der Waals surface area contributed by atoms with E-state index < -0.39 is 6.04 Å². The van der Waals surface area contributed by atoms with Gasteiger partial charge in [0.1, 0.15) is 18.1 Å². The highest BCUT2D eigenvalue weighted by molar-refractivity contribution is 6.35. The van der Waals surface area contributed by atoms with Crippen molar-refractivity contribution in [3.8, 4) is 5.75 Å². The van der Waals surface area contributed by atoms with Gasteiger partial charge in [0.05, 0.1) is 12.7 Å². The second-order valence-corrected chi connectivity index (χ2v) is 7.29. The zero-order chi connectivity index (χ0) is 20.5. The van der Waals surface area contributed by atoms with Crippen LogP contribution in [0, 0.1) is 0 Å². The lowest BCUT2D eigenvalue weighted by molar-refractivity contribution is -0.113. The summed E-state index contributed by atoms with van der Waals surface area (Å²) in [7, 11) is 1.59. The summed E-state index contributed by atoms with van der Waals surface area (Å²) in [5, 5.41) is 11.3. The lowest BCUT2D eigenvalue weighted by atomic mass is 9.95. The van der Waals surface area contributed by atoms with Gasteiger partial charge in [-0.3, -0.25) is 4.79 Å². The van der Waals surface area contributed by atoms with Crippen LogP contribution in [0.1, 0.15) is 18.5 Å². The van der Waals surface area contributed by atoms with Gasteiger partial charge < -0.3 is 15.4 Å². The summed E-state index contributed by atoms with van der Waals surface area (Å²) in [5.41, 5.74) is 2.47. The van der Waals surface area contributed by atoms with Gasteiger partial charge in [-0.1, -0.05) is 29.3 Å². The quantitative estimate of drug-likeness (QED) is 0.636. The minimum absolute atomic E-state index is 0.280. The molecular weight excluding hydrogens is 413 g/mol. The van der Waals surface area contributed by atoms with E-state index in [-0.39, 0.29) is 5.91 Å². The maximum absolute atomic E-state index is 13.3. The molecule has 1 aliphatic rings. The third-order valence-corrected chi connectivity index (χ3v) is 5.21. The summed E-state index contributed by atoms with van der Waals surface area (Å²) in [4.78, 5) is 17.5. The number of carbonyl (C=O) groups excluding carboxylic acids is 1.